The van der Waals surface area contributed by atoms with Crippen molar-refractivity contribution >= 4 is 11.6 Å². The Kier molecular flexibility index (Phi) is 5.82. The van der Waals surface area contributed by atoms with Gasteiger partial charge < -0.3 is 15.8 Å². The fourth-order valence-electron chi connectivity index (χ4n) is 1.69. The van der Waals surface area contributed by atoms with Crippen molar-refractivity contribution in [3.8, 4) is 5.75 Å². The third-order valence-corrected chi connectivity index (χ3v) is 2.46. The summed E-state index contributed by atoms with van der Waals surface area (Å²) < 4.78 is 40.0. The molecule has 0 saturated carbocycles. The van der Waals surface area contributed by atoms with Gasteiger partial charge in [-0.3, -0.25) is 4.79 Å². The first kappa shape index (κ1) is 16.3. The molecular weight excluding hydrogens is 273 g/mol. The molecule has 1 aromatic rings. The number of alkyl halides is 3. The minimum Gasteiger partial charge on any atom is -0.406 e. The van der Waals surface area contributed by atoms with E-state index in [0.717, 1.165) is 18.6 Å². The molecule has 0 radical (unpaired) electrons. The minimum absolute atomic E-state index is 0.123. The molecule has 0 bridgehead atoms. The normalized spacial score (nSPS) is 12.8. The zero-order valence-corrected chi connectivity index (χ0v) is 11.0. The van der Waals surface area contributed by atoms with Crippen LogP contribution in [-0.4, -0.2) is 18.3 Å². The number of nitrogens with two attached hydrogens (primary N) is 1. The van der Waals surface area contributed by atoms with Crippen LogP contribution in [0.4, 0.5) is 18.9 Å². The van der Waals surface area contributed by atoms with Gasteiger partial charge in [0.25, 0.3) is 0 Å². The van der Waals surface area contributed by atoms with E-state index in [1.165, 1.54) is 12.1 Å². The van der Waals surface area contributed by atoms with Crippen LogP contribution in [0.5, 0.6) is 5.75 Å². The van der Waals surface area contributed by atoms with Crippen molar-refractivity contribution in [1.29, 1.82) is 0 Å². The number of halogens is 3. The number of hydrogen-bond acceptors (Lipinski definition) is 3. The smallest absolute Gasteiger partial charge is 0.406 e. The number of amides is 1. The van der Waals surface area contributed by atoms with E-state index < -0.39 is 6.36 Å². The molecule has 3 N–H and O–H groups in total. The molecule has 0 heterocycles. The lowest BCUT2D eigenvalue weighted by atomic mass is 10.1. The van der Waals surface area contributed by atoms with E-state index in [9.17, 15) is 18.0 Å². The van der Waals surface area contributed by atoms with Gasteiger partial charge in [-0.05, 0) is 18.6 Å². The van der Waals surface area contributed by atoms with Crippen molar-refractivity contribution in [2.75, 3.05) is 5.32 Å². The van der Waals surface area contributed by atoms with Gasteiger partial charge in [0.05, 0.1) is 0 Å². The Labute approximate surface area is 115 Å². The SMILES string of the molecule is CCCC(N)CC(=O)Nc1cccc(OC(F)(F)F)c1. The van der Waals surface area contributed by atoms with Gasteiger partial charge in [0.2, 0.25) is 5.91 Å². The standard InChI is InChI=1S/C13H17F3N2O2/c1-2-4-9(17)7-12(19)18-10-5-3-6-11(8-10)20-13(14,15)16/h3,5-6,8-9H,2,4,7,17H2,1H3,(H,18,19). The van der Waals surface area contributed by atoms with E-state index in [0.29, 0.717) is 6.42 Å². The number of carbonyl (C=O) groups excluding carboxylic acids is 1. The summed E-state index contributed by atoms with van der Waals surface area (Å²) in [5, 5.41) is 2.49. The molecule has 1 unspecified atom stereocenters. The second-order valence-electron chi connectivity index (χ2n) is 4.38. The molecule has 0 fully saturated rings. The first-order valence-corrected chi connectivity index (χ1v) is 6.21. The topological polar surface area (TPSA) is 64.4 Å². The van der Waals surface area contributed by atoms with Crippen molar-refractivity contribution in [2.24, 2.45) is 5.73 Å². The van der Waals surface area contributed by atoms with Crippen LogP contribution in [0.15, 0.2) is 24.3 Å². The maximum Gasteiger partial charge on any atom is 0.573 e. The number of carbonyl (C=O) groups is 1. The molecule has 0 spiro atoms. The number of ether oxygens (including phenoxy) is 1. The summed E-state index contributed by atoms with van der Waals surface area (Å²) in [7, 11) is 0. The molecule has 4 nitrogen and oxygen atoms in total. The molecule has 0 saturated heterocycles. The highest BCUT2D eigenvalue weighted by Gasteiger charge is 2.31. The lowest BCUT2D eigenvalue weighted by Crippen LogP contribution is -2.26. The third kappa shape index (κ3) is 6.42. The van der Waals surface area contributed by atoms with Crippen molar-refractivity contribution in [2.45, 2.75) is 38.6 Å². The average Bonchev–Trinajstić information content (AvgIpc) is 2.26. The maximum absolute atomic E-state index is 12.1. The van der Waals surface area contributed by atoms with Gasteiger partial charge in [-0.25, -0.2) is 0 Å². The Bertz CT molecular complexity index is 449. The lowest BCUT2D eigenvalue weighted by Gasteiger charge is -2.12. The van der Waals surface area contributed by atoms with Crippen LogP contribution in [0, 0.1) is 0 Å². The summed E-state index contributed by atoms with van der Waals surface area (Å²) in [6.07, 6.45) is -3.06. The zero-order chi connectivity index (χ0) is 15.2. The summed E-state index contributed by atoms with van der Waals surface area (Å²) >= 11 is 0. The summed E-state index contributed by atoms with van der Waals surface area (Å²) in [6, 6.07) is 4.85. The highest BCUT2D eigenvalue weighted by atomic mass is 19.4. The number of rotatable bonds is 6. The number of anilines is 1. The molecule has 1 aromatic carbocycles. The number of hydrogen-bond donors (Lipinski definition) is 2. The summed E-state index contributed by atoms with van der Waals surface area (Å²) in [5.41, 5.74) is 5.95. The van der Waals surface area contributed by atoms with Gasteiger partial charge in [-0.1, -0.05) is 19.4 Å². The Hall–Kier alpha value is -1.76. The van der Waals surface area contributed by atoms with E-state index in [1.807, 2.05) is 6.92 Å². The molecular formula is C13H17F3N2O2. The lowest BCUT2D eigenvalue weighted by molar-refractivity contribution is -0.274. The van der Waals surface area contributed by atoms with E-state index >= 15 is 0 Å². The maximum atomic E-state index is 12.1. The first-order valence-electron chi connectivity index (χ1n) is 6.21. The molecule has 7 heteroatoms. The summed E-state index contributed by atoms with van der Waals surface area (Å²) in [5.74, 6) is -0.719. The van der Waals surface area contributed by atoms with Gasteiger partial charge in [-0.15, -0.1) is 13.2 Å². The van der Waals surface area contributed by atoms with Gasteiger partial charge in [0.15, 0.2) is 0 Å². The van der Waals surface area contributed by atoms with Crippen LogP contribution in [0.25, 0.3) is 0 Å². The predicted molar refractivity (Wildman–Crippen MR) is 69.3 cm³/mol. The molecule has 0 aliphatic rings. The van der Waals surface area contributed by atoms with E-state index in [2.05, 4.69) is 10.1 Å². The zero-order valence-electron chi connectivity index (χ0n) is 11.0. The Morgan fingerprint density at radius 3 is 2.75 bits per heavy atom. The minimum atomic E-state index is -4.76. The van der Waals surface area contributed by atoms with Crippen LogP contribution in [0.2, 0.25) is 0 Å². The number of nitrogens with one attached hydrogen (secondary N) is 1. The molecule has 112 valence electrons. The molecule has 20 heavy (non-hydrogen) atoms. The highest BCUT2D eigenvalue weighted by molar-refractivity contribution is 5.91. The fourth-order valence-corrected chi connectivity index (χ4v) is 1.69. The summed E-state index contributed by atoms with van der Waals surface area (Å²) in [4.78, 5) is 11.6. The Morgan fingerprint density at radius 2 is 2.15 bits per heavy atom. The van der Waals surface area contributed by atoms with Crippen molar-refractivity contribution in [1.82, 2.24) is 0 Å². The number of benzene rings is 1. The van der Waals surface area contributed by atoms with E-state index in [-0.39, 0.29) is 29.8 Å². The Balaban J connectivity index is 2.60. The van der Waals surface area contributed by atoms with Crippen LogP contribution in [-0.2, 0) is 4.79 Å². The molecule has 0 aliphatic heterocycles. The second-order valence-corrected chi connectivity index (χ2v) is 4.38. The molecule has 1 atom stereocenters. The van der Waals surface area contributed by atoms with E-state index in [4.69, 9.17) is 5.73 Å². The molecule has 0 aromatic heterocycles. The van der Waals surface area contributed by atoms with Crippen molar-refractivity contribution < 1.29 is 22.7 Å². The quantitative estimate of drug-likeness (QED) is 0.846. The Morgan fingerprint density at radius 1 is 1.45 bits per heavy atom. The molecule has 1 amide bonds. The van der Waals surface area contributed by atoms with Crippen LogP contribution >= 0.6 is 0 Å². The van der Waals surface area contributed by atoms with Gasteiger partial charge in [0, 0.05) is 24.2 Å². The predicted octanol–water partition coefficient (Wildman–Crippen LogP) is 3.04. The largest absolute Gasteiger partial charge is 0.573 e. The van der Waals surface area contributed by atoms with Crippen molar-refractivity contribution in [3.05, 3.63) is 24.3 Å². The van der Waals surface area contributed by atoms with E-state index in [1.54, 1.807) is 0 Å². The first-order chi connectivity index (χ1) is 9.30. The van der Waals surface area contributed by atoms with Gasteiger partial charge in [-0.2, -0.15) is 0 Å². The monoisotopic (exact) mass is 290 g/mol. The summed E-state index contributed by atoms with van der Waals surface area (Å²) in [6.45, 7) is 1.95. The average molecular weight is 290 g/mol. The fraction of sp³-hybridized carbons (Fsp3) is 0.462. The van der Waals surface area contributed by atoms with Crippen LogP contribution in [0.1, 0.15) is 26.2 Å². The molecule has 1 rings (SSSR count). The van der Waals surface area contributed by atoms with Gasteiger partial charge >= 0.3 is 6.36 Å². The third-order valence-electron chi connectivity index (χ3n) is 2.46. The molecule has 0 aliphatic carbocycles. The van der Waals surface area contributed by atoms with Crippen LogP contribution in [0.3, 0.4) is 0 Å². The highest BCUT2D eigenvalue weighted by Crippen LogP contribution is 2.25. The van der Waals surface area contributed by atoms with Crippen molar-refractivity contribution in [3.63, 3.8) is 0 Å². The van der Waals surface area contributed by atoms with Crippen LogP contribution < -0.4 is 15.8 Å². The second kappa shape index (κ2) is 7.14. The van der Waals surface area contributed by atoms with Gasteiger partial charge in [0.1, 0.15) is 5.75 Å².